The summed E-state index contributed by atoms with van der Waals surface area (Å²) in [4.78, 5) is 0. The standard InChI is InChI=1S/C21H29O5P/c1-4-6-16-23-18-8-12-20(13-9-18)25-27(3,22)26-21-14-10-19(11-15-21)24-17-7-5-2/h8-15H,4-7,16-17H2,1-3H3. The molecule has 0 heterocycles. The maximum absolute atomic E-state index is 12.6. The zero-order valence-electron chi connectivity index (χ0n) is 16.3. The molecular weight excluding hydrogens is 363 g/mol. The van der Waals surface area contributed by atoms with Crippen LogP contribution >= 0.6 is 7.60 Å². The number of benzene rings is 2. The molecule has 2 aromatic carbocycles. The van der Waals surface area contributed by atoms with Crippen LogP contribution in [0.5, 0.6) is 23.0 Å². The van der Waals surface area contributed by atoms with Gasteiger partial charge in [0.1, 0.15) is 23.0 Å². The van der Waals surface area contributed by atoms with Gasteiger partial charge in [-0.3, -0.25) is 0 Å². The third-order valence-electron chi connectivity index (χ3n) is 3.72. The Bertz CT molecular complexity index is 653. The van der Waals surface area contributed by atoms with Crippen molar-refractivity contribution in [2.75, 3.05) is 19.9 Å². The summed E-state index contributed by atoms with van der Waals surface area (Å²) in [5.74, 6) is 2.48. The highest BCUT2D eigenvalue weighted by Gasteiger charge is 2.20. The van der Waals surface area contributed by atoms with Gasteiger partial charge < -0.3 is 18.5 Å². The maximum atomic E-state index is 12.6. The Hall–Kier alpha value is -2.13. The molecular formula is C21H29O5P. The third-order valence-corrected chi connectivity index (χ3v) is 4.81. The summed E-state index contributed by atoms with van der Waals surface area (Å²) in [7, 11) is -3.30. The second kappa shape index (κ2) is 10.9. The summed E-state index contributed by atoms with van der Waals surface area (Å²) in [6.45, 7) is 7.05. The molecule has 6 heteroatoms. The van der Waals surface area contributed by atoms with Crippen LogP contribution in [0.3, 0.4) is 0 Å². The van der Waals surface area contributed by atoms with Gasteiger partial charge in [-0.25, -0.2) is 4.57 Å². The fraction of sp³-hybridized carbons (Fsp3) is 0.429. The number of unbranched alkanes of at least 4 members (excludes halogenated alkanes) is 2. The van der Waals surface area contributed by atoms with Crippen LogP contribution in [0.4, 0.5) is 0 Å². The molecule has 0 unspecified atom stereocenters. The molecule has 0 aliphatic heterocycles. The topological polar surface area (TPSA) is 54.0 Å². The Labute approximate surface area is 162 Å². The van der Waals surface area contributed by atoms with Gasteiger partial charge in [-0.1, -0.05) is 26.7 Å². The lowest BCUT2D eigenvalue weighted by Gasteiger charge is -2.17. The number of rotatable bonds is 12. The molecule has 0 saturated heterocycles. The molecule has 5 nitrogen and oxygen atoms in total. The van der Waals surface area contributed by atoms with Gasteiger partial charge in [0.05, 0.1) is 19.9 Å². The Morgan fingerprint density at radius 1 is 0.667 bits per heavy atom. The summed E-state index contributed by atoms with van der Waals surface area (Å²) in [5.41, 5.74) is 0. The largest absolute Gasteiger partial charge is 0.494 e. The van der Waals surface area contributed by atoms with E-state index in [1.54, 1.807) is 48.5 Å². The summed E-state index contributed by atoms with van der Waals surface area (Å²) >= 11 is 0. The van der Waals surface area contributed by atoms with Crippen LogP contribution in [0.2, 0.25) is 0 Å². The van der Waals surface area contributed by atoms with Crippen LogP contribution in [0.1, 0.15) is 39.5 Å². The van der Waals surface area contributed by atoms with Gasteiger partial charge >= 0.3 is 7.60 Å². The van der Waals surface area contributed by atoms with Gasteiger partial charge in [0.2, 0.25) is 0 Å². The molecule has 0 spiro atoms. The molecule has 0 aliphatic carbocycles. The maximum Gasteiger partial charge on any atom is 0.427 e. The van der Waals surface area contributed by atoms with Crippen LogP contribution in [0, 0.1) is 0 Å². The molecule has 0 radical (unpaired) electrons. The molecule has 0 fully saturated rings. The molecule has 0 amide bonds. The van der Waals surface area contributed by atoms with Crippen molar-refractivity contribution >= 4 is 7.60 Å². The van der Waals surface area contributed by atoms with Gasteiger partial charge in [-0.05, 0) is 61.4 Å². The van der Waals surface area contributed by atoms with Gasteiger partial charge in [0.25, 0.3) is 0 Å². The Morgan fingerprint density at radius 3 is 1.33 bits per heavy atom. The highest BCUT2D eigenvalue weighted by atomic mass is 31.2. The molecule has 0 saturated carbocycles. The summed E-state index contributed by atoms with van der Waals surface area (Å²) in [6, 6.07) is 14.1. The SMILES string of the molecule is CCCCOc1ccc(OP(C)(=O)Oc2ccc(OCCCC)cc2)cc1. The second-order valence-electron chi connectivity index (χ2n) is 6.30. The van der Waals surface area contributed by atoms with Crippen LogP contribution in [-0.2, 0) is 4.57 Å². The first-order valence-corrected chi connectivity index (χ1v) is 11.4. The van der Waals surface area contributed by atoms with E-state index in [0.29, 0.717) is 24.7 Å². The first-order chi connectivity index (χ1) is 13.0. The molecule has 0 atom stereocenters. The highest BCUT2D eigenvalue weighted by molar-refractivity contribution is 7.53. The van der Waals surface area contributed by atoms with E-state index in [2.05, 4.69) is 13.8 Å². The van der Waals surface area contributed by atoms with Gasteiger partial charge in [-0.2, -0.15) is 0 Å². The molecule has 27 heavy (non-hydrogen) atoms. The Balaban J connectivity index is 1.87. The highest BCUT2D eigenvalue weighted by Crippen LogP contribution is 2.45. The zero-order valence-corrected chi connectivity index (χ0v) is 17.2. The van der Waals surface area contributed by atoms with Crippen molar-refractivity contribution in [3.05, 3.63) is 48.5 Å². The van der Waals surface area contributed by atoms with Crippen LogP contribution < -0.4 is 18.5 Å². The average molecular weight is 392 g/mol. The van der Waals surface area contributed by atoms with E-state index >= 15 is 0 Å². The van der Waals surface area contributed by atoms with Gasteiger partial charge in [-0.15, -0.1) is 0 Å². The molecule has 0 bridgehead atoms. The van der Waals surface area contributed by atoms with Crippen LogP contribution in [0.25, 0.3) is 0 Å². The van der Waals surface area contributed by atoms with E-state index in [0.717, 1.165) is 37.2 Å². The van der Waals surface area contributed by atoms with Crippen LogP contribution in [0.15, 0.2) is 48.5 Å². The minimum Gasteiger partial charge on any atom is -0.494 e. The quantitative estimate of drug-likeness (QED) is 0.312. The monoisotopic (exact) mass is 392 g/mol. The fourth-order valence-electron chi connectivity index (χ4n) is 2.26. The minimum absolute atomic E-state index is 0.475. The van der Waals surface area contributed by atoms with Crippen molar-refractivity contribution < 1.29 is 23.1 Å². The smallest absolute Gasteiger partial charge is 0.427 e. The lowest BCUT2D eigenvalue weighted by atomic mass is 10.3. The lowest BCUT2D eigenvalue weighted by molar-refractivity contribution is 0.308. The predicted molar refractivity (Wildman–Crippen MR) is 108 cm³/mol. The molecule has 0 aliphatic rings. The van der Waals surface area contributed by atoms with Crippen molar-refractivity contribution in [1.82, 2.24) is 0 Å². The van der Waals surface area contributed by atoms with Crippen molar-refractivity contribution in [3.63, 3.8) is 0 Å². The van der Waals surface area contributed by atoms with Crippen molar-refractivity contribution in [3.8, 4) is 23.0 Å². The molecule has 2 aromatic rings. The van der Waals surface area contributed by atoms with Crippen molar-refractivity contribution in [1.29, 1.82) is 0 Å². The predicted octanol–water partition coefficient (Wildman–Crippen LogP) is 6.33. The van der Waals surface area contributed by atoms with E-state index in [1.165, 1.54) is 6.66 Å². The molecule has 0 aromatic heterocycles. The van der Waals surface area contributed by atoms with E-state index in [-0.39, 0.29) is 0 Å². The van der Waals surface area contributed by atoms with Gasteiger partial charge in [0, 0.05) is 0 Å². The molecule has 2 rings (SSSR count). The summed E-state index contributed by atoms with van der Waals surface area (Å²) in [6.07, 6.45) is 4.20. The Morgan fingerprint density at radius 2 is 1.00 bits per heavy atom. The molecule has 0 N–H and O–H groups in total. The zero-order chi connectivity index (χ0) is 19.5. The van der Waals surface area contributed by atoms with E-state index < -0.39 is 7.60 Å². The lowest BCUT2D eigenvalue weighted by Crippen LogP contribution is -2.00. The van der Waals surface area contributed by atoms with Crippen molar-refractivity contribution in [2.24, 2.45) is 0 Å². The second-order valence-corrected chi connectivity index (χ2v) is 8.21. The number of ether oxygens (including phenoxy) is 2. The minimum atomic E-state index is -3.30. The summed E-state index contributed by atoms with van der Waals surface area (Å²) < 4.78 is 34.9. The van der Waals surface area contributed by atoms with Crippen LogP contribution in [-0.4, -0.2) is 19.9 Å². The third kappa shape index (κ3) is 7.96. The van der Waals surface area contributed by atoms with E-state index in [4.69, 9.17) is 18.5 Å². The average Bonchev–Trinajstić information content (AvgIpc) is 2.64. The number of hydrogen-bond donors (Lipinski definition) is 0. The first kappa shape index (κ1) is 21.2. The van der Waals surface area contributed by atoms with E-state index in [1.807, 2.05) is 0 Å². The van der Waals surface area contributed by atoms with E-state index in [9.17, 15) is 4.57 Å². The van der Waals surface area contributed by atoms with Gasteiger partial charge in [0.15, 0.2) is 0 Å². The summed E-state index contributed by atoms with van der Waals surface area (Å²) in [5, 5.41) is 0. The molecule has 148 valence electrons. The Kier molecular flexibility index (Phi) is 8.53. The van der Waals surface area contributed by atoms with Crippen molar-refractivity contribution in [2.45, 2.75) is 39.5 Å². The number of hydrogen-bond acceptors (Lipinski definition) is 5. The fourth-order valence-corrected chi connectivity index (χ4v) is 3.31. The normalized spacial score (nSPS) is 11.1. The first-order valence-electron chi connectivity index (χ1n) is 9.45.